The molecule has 0 spiro atoms. The summed E-state index contributed by atoms with van der Waals surface area (Å²) in [6, 6.07) is 15.1. The number of aliphatic imine (C=N–C) groups is 1. The van der Waals surface area contributed by atoms with Gasteiger partial charge < -0.3 is 0 Å². The summed E-state index contributed by atoms with van der Waals surface area (Å²) in [6.45, 7) is 8.55. The highest BCUT2D eigenvalue weighted by molar-refractivity contribution is 9.10. The molecule has 0 N–H and O–H groups in total. The van der Waals surface area contributed by atoms with E-state index < -0.39 is 0 Å². The van der Waals surface area contributed by atoms with Gasteiger partial charge in [-0.3, -0.25) is 4.99 Å². The highest BCUT2D eigenvalue weighted by atomic mass is 79.9. The Morgan fingerprint density at radius 1 is 1.17 bits per heavy atom. The standard InChI is InChI=1S/C21H24BrN/c1-5-13-23-20(6-2)21(17-10-8-11-18(22)14-17)19-12-7-9-15(3)16(19)4/h6-14,21H,5H2,1-4H3/b20-6-,23-13?. The highest BCUT2D eigenvalue weighted by Gasteiger charge is 2.20. The molecular weight excluding hydrogens is 346 g/mol. The molecule has 1 unspecified atom stereocenters. The topological polar surface area (TPSA) is 12.4 Å². The minimum absolute atomic E-state index is 0.153. The summed E-state index contributed by atoms with van der Waals surface area (Å²) < 4.78 is 1.10. The molecule has 0 aliphatic rings. The third-order valence-corrected chi connectivity index (χ3v) is 4.65. The fourth-order valence-electron chi connectivity index (χ4n) is 2.79. The SMILES string of the molecule is C/C=C(\N=CCC)C(c1cccc(Br)c1)c1cccc(C)c1C. The van der Waals surface area contributed by atoms with E-state index in [2.05, 4.69) is 92.2 Å². The molecule has 1 nitrogen and oxygen atoms in total. The fraction of sp³-hybridized carbons (Fsp3) is 0.286. The Bertz CT molecular complexity index is 728. The summed E-state index contributed by atoms with van der Waals surface area (Å²) in [7, 11) is 0. The first kappa shape index (κ1) is 17.7. The van der Waals surface area contributed by atoms with Gasteiger partial charge in [-0.05, 0) is 61.6 Å². The van der Waals surface area contributed by atoms with Gasteiger partial charge >= 0.3 is 0 Å². The lowest BCUT2D eigenvalue weighted by atomic mass is 9.84. The van der Waals surface area contributed by atoms with Crippen LogP contribution in [0.2, 0.25) is 0 Å². The number of benzene rings is 2. The predicted octanol–water partition coefficient (Wildman–Crippen LogP) is 6.58. The second kappa shape index (κ2) is 8.26. The van der Waals surface area contributed by atoms with Gasteiger partial charge in [-0.2, -0.15) is 0 Å². The molecule has 0 aliphatic carbocycles. The first-order valence-electron chi connectivity index (χ1n) is 8.08. The van der Waals surface area contributed by atoms with Crippen molar-refractivity contribution in [2.75, 3.05) is 0 Å². The van der Waals surface area contributed by atoms with E-state index in [1.165, 1.54) is 22.3 Å². The Balaban J connectivity index is 2.64. The number of hydrogen-bond donors (Lipinski definition) is 0. The first-order valence-corrected chi connectivity index (χ1v) is 8.88. The van der Waals surface area contributed by atoms with Crippen molar-refractivity contribution >= 4 is 22.1 Å². The van der Waals surface area contributed by atoms with Crippen molar-refractivity contribution in [3.05, 3.63) is 81.0 Å². The van der Waals surface area contributed by atoms with E-state index >= 15 is 0 Å². The molecule has 0 aliphatic heterocycles. The molecule has 2 rings (SSSR count). The molecule has 23 heavy (non-hydrogen) atoms. The van der Waals surface area contributed by atoms with Crippen LogP contribution in [0.5, 0.6) is 0 Å². The zero-order valence-electron chi connectivity index (χ0n) is 14.3. The summed E-state index contributed by atoms with van der Waals surface area (Å²) in [5.41, 5.74) is 6.33. The van der Waals surface area contributed by atoms with E-state index in [0.29, 0.717) is 0 Å². The van der Waals surface area contributed by atoms with Crippen molar-refractivity contribution in [1.29, 1.82) is 0 Å². The minimum Gasteiger partial charge on any atom is -0.265 e. The number of rotatable bonds is 5. The van der Waals surface area contributed by atoms with Crippen molar-refractivity contribution in [3.63, 3.8) is 0 Å². The highest BCUT2D eigenvalue weighted by Crippen LogP contribution is 2.36. The van der Waals surface area contributed by atoms with Crippen LogP contribution in [0.25, 0.3) is 0 Å². The normalized spacial score (nSPS) is 13.5. The lowest BCUT2D eigenvalue weighted by molar-refractivity contribution is 0.909. The third-order valence-electron chi connectivity index (χ3n) is 4.15. The van der Waals surface area contributed by atoms with E-state index in [9.17, 15) is 0 Å². The largest absolute Gasteiger partial charge is 0.265 e. The molecular formula is C21H24BrN. The number of allylic oxidation sites excluding steroid dienone is 2. The zero-order valence-corrected chi connectivity index (χ0v) is 15.9. The van der Waals surface area contributed by atoms with Gasteiger partial charge in [0.1, 0.15) is 0 Å². The summed E-state index contributed by atoms with van der Waals surface area (Å²) in [4.78, 5) is 4.74. The molecule has 2 heteroatoms. The van der Waals surface area contributed by atoms with Crippen LogP contribution in [-0.2, 0) is 0 Å². The second-order valence-corrected chi connectivity index (χ2v) is 6.63. The summed E-state index contributed by atoms with van der Waals surface area (Å²) in [5.74, 6) is 0.153. The molecule has 0 saturated carbocycles. The van der Waals surface area contributed by atoms with Crippen LogP contribution < -0.4 is 0 Å². The van der Waals surface area contributed by atoms with Crippen LogP contribution in [0.3, 0.4) is 0 Å². The van der Waals surface area contributed by atoms with E-state index in [0.717, 1.165) is 16.6 Å². The van der Waals surface area contributed by atoms with Gasteiger partial charge in [0.25, 0.3) is 0 Å². The maximum absolute atomic E-state index is 4.74. The lowest BCUT2D eigenvalue weighted by Crippen LogP contribution is -2.07. The average molecular weight is 370 g/mol. The first-order chi connectivity index (χ1) is 11.1. The Hall–Kier alpha value is -1.67. The van der Waals surface area contributed by atoms with Crippen molar-refractivity contribution in [3.8, 4) is 0 Å². The fourth-order valence-corrected chi connectivity index (χ4v) is 3.21. The average Bonchev–Trinajstić information content (AvgIpc) is 2.54. The van der Waals surface area contributed by atoms with Crippen LogP contribution in [0.15, 0.2) is 63.7 Å². The second-order valence-electron chi connectivity index (χ2n) is 5.71. The van der Waals surface area contributed by atoms with Gasteiger partial charge in [0.2, 0.25) is 0 Å². The van der Waals surface area contributed by atoms with Crippen LogP contribution in [-0.4, -0.2) is 6.21 Å². The van der Waals surface area contributed by atoms with Crippen LogP contribution >= 0.6 is 15.9 Å². The molecule has 0 aromatic heterocycles. The van der Waals surface area contributed by atoms with Gasteiger partial charge in [-0.1, -0.05) is 59.3 Å². The van der Waals surface area contributed by atoms with Crippen molar-refractivity contribution in [2.45, 2.75) is 40.0 Å². The quantitative estimate of drug-likeness (QED) is 0.527. The van der Waals surface area contributed by atoms with E-state index in [4.69, 9.17) is 4.99 Å². The maximum atomic E-state index is 4.74. The Morgan fingerprint density at radius 2 is 1.91 bits per heavy atom. The van der Waals surface area contributed by atoms with Gasteiger partial charge in [-0.25, -0.2) is 0 Å². The summed E-state index contributed by atoms with van der Waals surface area (Å²) in [5, 5.41) is 0. The molecule has 1 atom stereocenters. The monoisotopic (exact) mass is 369 g/mol. The van der Waals surface area contributed by atoms with Crippen LogP contribution in [0.4, 0.5) is 0 Å². The van der Waals surface area contributed by atoms with Gasteiger partial charge in [0.05, 0.1) is 5.92 Å². The number of halogens is 1. The molecule has 0 radical (unpaired) electrons. The van der Waals surface area contributed by atoms with Crippen LogP contribution in [0, 0.1) is 13.8 Å². The summed E-state index contributed by atoms with van der Waals surface area (Å²) in [6.07, 6.45) is 5.06. The predicted molar refractivity (Wildman–Crippen MR) is 104 cm³/mol. The van der Waals surface area contributed by atoms with Gasteiger partial charge in [-0.15, -0.1) is 0 Å². The van der Waals surface area contributed by atoms with Crippen molar-refractivity contribution in [2.24, 2.45) is 4.99 Å². The Morgan fingerprint density at radius 3 is 2.57 bits per heavy atom. The van der Waals surface area contributed by atoms with Gasteiger partial charge in [0, 0.05) is 16.4 Å². The lowest BCUT2D eigenvalue weighted by Gasteiger charge is -2.22. The van der Waals surface area contributed by atoms with Gasteiger partial charge in [0.15, 0.2) is 0 Å². The number of hydrogen-bond acceptors (Lipinski definition) is 1. The molecule has 0 amide bonds. The molecule has 120 valence electrons. The minimum atomic E-state index is 0.153. The molecule has 0 saturated heterocycles. The van der Waals surface area contributed by atoms with Crippen molar-refractivity contribution in [1.82, 2.24) is 0 Å². The van der Waals surface area contributed by atoms with E-state index in [1.807, 2.05) is 6.21 Å². The number of aryl methyl sites for hydroxylation is 1. The third kappa shape index (κ3) is 4.20. The Labute approximate surface area is 148 Å². The molecule has 0 bridgehead atoms. The molecule has 2 aromatic rings. The molecule has 0 heterocycles. The summed E-state index contributed by atoms with van der Waals surface area (Å²) >= 11 is 3.60. The molecule has 0 fully saturated rings. The zero-order chi connectivity index (χ0) is 16.8. The number of nitrogens with zero attached hydrogens (tertiary/aromatic N) is 1. The maximum Gasteiger partial charge on any atom is 0.0512 e. The van der Waals surface area contributed by atoms with Crippen LogP contribution in [0.1, 0.15) is 48.4 Å². The molecule has 2 aromatic carbocycles. The smallest absolute Gasteiger partial charge is 0.0512 e. The Kier molecular flexibility index (Phi) is 6.35. The van der Waals surface area contributed by atoms with E-state index in [1.54, 1.807) is 0 Å². The van der Waals surface area contributed by atoms with Crippen molar-refractivity contribution < 1.29 is 0 Å². The van der Waals surface area contributed by atoms with E-state index in [-0.39, 0.29) is 5.92 Å².